The zero-order valence-electron chi connectivity index (χ0n) is 12.9. The van der Waals surface area contributed by atoms with Gasteiger partial charge in [0.05, 0.1) is 20.8 Å². The van der Waals surface area contributed by atoms with Crippen LogP contribution >= 0.6 is 0 Å². The summed E-state index contributed by atoms with van der Waals surface area (Å²) in [6, 6.07) is -2.44. The summed E-state index contributed by atoms with van der Waals surface area (Å²) in [5.41, 5.74) is 0. The lowest BCUT2D eigenvalue weighted by Crippen LogP contribution is -2.54. The normalized spacial score (nSPS) is 21.4. The van der Waals surface area contributed by atoms with Crippen LogP contribution in [0.1, 0.15) is 20.3 Å². The predicted molar refractivity (Wildman–Crippen MR) is 71.2 cm³/mol. The third-order valence-corrected chi connectivity index (χ3v) is 3.42. The first kappa shape index (κ1) is 18.1. The van der Waals surface area contributed by atoms with Gasteiger partial charge in [0.2, 0.25) is 5.91 Å². The fourth-order valence-electron chi connectivity index (χ4n) is 2.27. The lowest BCUT2D eigenvalue weighted by atomic mass is 10.0. The number of ether oxygens (including phenoxy) is 2. The molecule has 0 spiro atoms. The van der Waals surface area contributed by atoms with Crippen LogP contribution in [0.4, 0.5) is 13.6 Å². The first-order valence-electron chi connectivity index (χ1n) is 6.73. The van der Waals surface area contributed by atoms with E-state index in [0.717, 1.165) is 19.1 Å². The molecule has 0 radical (unpaired) electrons. The quantitative estimate of drug-likeness (QED) is 0.773. The molecule has 0 bridgehead atoms. The van der Waals surface area contributed by atoms with Crippen molar-refractivity contribution in [3.05, 3.63) is 0 Å². The van der Waals surface area contributed by atoms with Crippen molar-refractivity contribution in [2.45, 2.75) is 38.3 Å². The molecular formula is C13H20F2N2O5. The van der Waals surface area contributed by atoms with Crippen LogP contribution in [0.5, 0.6) is 0 Å². The van der Waals surface area contributed by atoms with E-state index in [-0.39, 0.29) is 5.92 Å². The lowest BCUT2D eigenvalue weighted by Gasteiger charge is -2.29. The van der Waals surface area contributed by atoms with Gasteiger partial charge in [-0.15, -0.1) is 0 Å². The largest absolute Gasteiger partial charge is 0.467 e. The summed E-state index contributed by atoms with van der Waals surface area (Å²) < 4.78 is 36.1. The highest BCUT2D eigenvalue weighted by atomic mass is 19.3. The van der Waals surface area contributed by atoms with Crippen molar-refractivity contribution >= 4 is 18.0 Å². The van der Waals surface area contributed by atoms with E-state index < -0.39 is 48.9 Å². The second-order valence-electron chi connectivity index (χ2n) is 5.42. The van der Waals surface area contributed by atoms with Crippen molar-refractivity contribution in [1.29, 1.82) is 0 Å². The molecule has 1 rings (SSSR count). The minimum atomic E-state index is -3.18. The fraction of sp³-hybridized carbons (Fsp3) is 0.769. The standard InChI is InChI=1S/C13H20F2N2O5/c1-7(2)9(16-12(20)22-4)10(18)17-6-13(14,15)5-8(17)11(19)21-3/h7-9H,5-6H2,1-4H3,(H,16,20)/t8-,9-/m0/s1. The van der Waals surface area contributed by atoms with Crippen LogP contribution in [0.2, 0.25) is 0 Å². The summed E-state index contributed by atoms with van der Waals surface area (Å²) in [6.07, 6.45) is -1.65. The van der Waals surface area contributed by atoms with E-state index in [9.17, 15) is 23.2 Å². The van der Waals surface area contributed by atoms with Gasteiger partial charge in [-0.25, -0.2) is 18.4 Å². The molecule has 9 heteroatoms. The van der Waals surface area contributed by atoms with Gasteiger partial charge in [0.15, 0.2) is 0 Å². The SMILES string of the molecule is COC(=O)N[C@H](C(=O)N1CC(F)(F)C[C@H]1C(=O)OC)C(C)C. The molecule has 0 aromatic rings. The highest BCUT2D eigenvalue weighted by Gasteiger charge is 2.51. The number of nitrogens with zero attached hydrogens (tertiary/aromatic N) is 1. The Kier molecular flexibility index (Phi) is 5.67. The van der Waals surface area contributed by atoms with Crippen LogP contribution in [-0.4, -0.2) is 61.6 Å². The molecule has 0 aromatic heterocycles. The van der Waals surface area contributed by atoms with Crippen molar-refractivity contribution < 1.29 is 32.6 Å². The number of hydrogen-bond acceptors (Lipinski definition) is 5. The summed E-state index contributed by atoms with van der Waals surface area (Å²) in [5, 5.41) is 2.30. The molecule has 2 amide bonds. The maximum atomic E-state index is 13.6. The number of halogens is 2. The second kappa shape index (κ2) is 6.89. The third kappa shape index (κ3) is 4.05. The van der Waals surface area contributed by atoms with Gasteiger partial charge in [-0.3, -0.25) is 4.79 Å². The van der Waals surface area contributed by atoms with Crippen molar-refractivity contribution in [3.63, 3.8) is 0 Å². The van der Waals surface area contributed by atoms with Crippen LogP contribution in [0, 0.1) is 5.92 Å². The molecule has 1 saturated heterocycles. The van der Waals surface area contributed by atoms with Gasteiger partial charge in [0.1, 0.15) is 12.1 Å². The predicted octanol–water partition coefficient (Wildman–Crippen LogP) is 0.776. The molecule has 1 aliphatic rings. The van der Waals surface area contributed by atoms with Crippen LogP contribution in [0.25, 0.3) is 0 Å². The van der Waals surface area contributed by atoms with Gasteiger partial charge in [-0.05, 0) is 5.92 Å². The highest BCUT2D eigenvalue weighted by molar-refractivity contribution is 5.90. The van der Waals surface area contributed by atoms with Gasteiger partial charge in [0.25, 0.3) is 5.92 Å². The van der Waals surface area contributed by atoms with Crippen molar-refractivity contribution in [1.82, 2.24) is 10.2 Å². The van der Waals surface area contributed by atoms with Crippen LogP contribution < -0.4 is 5.32 Å². The molecule has 1 fully saturated rings. The number of hydrogen-bond donors (Lipinski definition) is 1. The molecule has 0 saturated carbocycles. The van der Waals surface area contributed by atoms with Gasteiger partial charge < -0.3 is 19.7 Å². The number of esters is 1. The maximum absolute atomic E-state index is 13.6. The molecule has 0 aliphatic carbocycles. The summed E-state index contributed by atoms with van der Waals surface area (Å²) in [7, 11) is 2.19. The number of carbonyl (C=O) groups is 3. The summed E-state index contributed by atoms with van der Waals surface area (Å²) >= 11 is 0. The molecule has 7 nitrogen and oxygen atoms in total. The smallest absolute Gasteiger partial charge is 0.407 e. The van der Waals surface area contributed by atoms with Gasteiger partial charge in [0, 0.05) is 6.42 Å². The fourth-order valence-corrected chi connectivity index (χ4v) is 2.27. The third-order valence-electron chi connectivity index (χ3n) is 3.42. The minimum absolute atomic E-state index is 0.376. The highest BCUT2D eigenvalue weighted by Crippen LogP contribution is 2.33. The second-order valence-corrected chi connectivity index (χ2v) is 5.42. The number of likely N-dealkylation sites (tertiary alicyclic amines) is 1. The Labute approximate surface area is 126 Å². The zero-order chi connectivity index (χ0) is 17.1. The van der Waals surface area contributed by atoms with E-state index in [1.807, 2.05) is 0 Å². The molecule has 1 heterocycles. The summed E-state index contributed by atoms with van der Waals surface area (Å²) in [5.74, 6) is -5.24. The number of rotatable bonds is 4. The van der Waals surface area contributed by atoms with Crippen molar-refractivity contribution in [3.8, 4) is 0 Å². The topological polar surface area (TPSA) is 84.9 Å². The van der Waals surface area contributed by atoms with Gasteiger partial charge >= 0.3 is 12.1 Å². The molecule has 0 unspecified atom stereocenters. The average Bonchev–Trinajstić information content (AvgIpc) is 2.78. The van der Waals surface area contributed by atoms with Crippen LogP contribution in [-0.2, 0) is 19.1 Å². The van der Waals surface area contributed by atoms with E-state index >= 15 is 0 Å². The van der Waals surface area contributed by atoms with Crippen LogP contribution in [0.3, 0.4) is 0 Å². The Hall–Kier alpha value is -1.93. The van der Waals surface area contributed by atoms with Crippen molar-refractivity contribution in [2.75, 3.05) is 20.8 Å². The Morgan fingerprint density at radius 3 is 2.27 bits per heavy atom. The Morgan fingerprint density at radius 2 is 1.82 bits per heavy atom. The summed E-state index contributed by atoms with van der Waals surface area (Å²) in [6.45, 7) is 2.39. The number of alkyl carbamates (subject to hydrolysis) is 1. The number of alkyl halides is 2. The molecule has 1 N–H and O–H groups in total. The molecule has 0 aromatic carbocycles. The molecular weight excluding hydrogens is 302 g/mol. The van der Waals surface area contributed by atoms with E-state index in [1.165, 1.54) is 0 Å². The molecule has 2 atom stereocenters. The van der Waals surface area contributed by atoms with Gasteiger partial charge in [-0.1, -0.05) is 13.8 Å². The zero-order valence-corrected chi connectivity index (χ0v) is 12.9. The van der Waals surface area contributed by atoms with E-state index in [1.54, 1.807) is 13.8 Å². The Balaban J connectivity index is 2.99. The lowest BCUT2D eigenvalue weighted by molar-refractivity contribution is -0.151. The van der Waals surface area contributed by atoms with E-state index in [0.29, 0.717) is 0 Å². The van der Waals surface area contributed by atoms with Crippen LogP contribution in [0.15, 0.2) is 0 Å². The molecule has 1 aliphatic heterocycles. The average molecular weight is 322 g/mol. The number of nitrogens with one attached hydrogen (secondary N) is 1. The Bertz CT molecular complexity index is 456. The van der Waals surface area contributed by atoms with E-state index in [4.69, 9.17) is 0 Å². The first-order valence-corrected chi connectivity index (χ1v) is 6.73. The Morgan fingerprint density at radius 1 is 1.23 bits per heavy atom. The minimum Gasteiger partial charge on any atom is -0.467 e. The molecule has 126 valence electrons. The maximum Gasteiger partial charge on any atom is 0.407 e. The monoisotopic (exact) mass is 322 g/mol. The number of carbonyl (C=O) groups excluding carboxylic acids is 3. The number of amides is 2. The first-order chi connectivity index (χ1) is 10.1. The number of methoxy groups -OCH3 is 2. The van der Waals surface area contributed by atoms with E-state index in [2.05, 4.69) is 14.8 Å². The van der Waals surface area contributed by atoms with Gasteiger partial charge in [-0.2, -0.15) is 0 Å². The molecule has 22 heavy (non-hydrogen) atoms. The van der Waals surface area contributed by atoms with Crippen molar-refractivity contribution in [2.24, 2.45) is 5.92 Å². The summed E-state index contributed by atoms with van der Waals surface area (Å²) in [4.78, 5) is 36.2.